The average Bonchev–Trinajstić information content (AvgIpc) is 3.28. The number of fused-ring (bicyclic) bond motifs is 1. The van der Waals surface area contributed by atoms with E-state index >= 15 is 0 Å². The number of benzene rings is 3. The van der Waals surface area contributed by atoms with Crippen molar-refractivity contribution >= 4 is 35.0 Å². The number of carboxylic acid groups (broad SMARTS) is 1. The highest BCUT2D eigenvalue weighted by atomic mass is 16.6. The van der Waals surface area contributed by atoms with Crippen LogP contribution in [-0.2, 0) is 23.2 Å². The second-order valence-corrected chi connectivity index (χ2v) is 8.77. The maximum atomic E-state index is 13.0. The topological polar surface area (TPSA) is 176 Å². The Hall–Kier alpha value is -5.46. The number of carbonyl (C=O) groups excluding carboxylic acids is 2. The van der Waals surface area contributed by atoms with Gasteiger partial charge in [-0.2, -0.15) is 0 Å². The first-order chi connectivity index (χ1) is 19.7. The van der Waals surface area contributed by atoms with Gasteiger partial charge in [0.1, 0.15) is 18.2 Å². The predicted octanol–water partition coefficient (Wildman–Crippen LogP) is 3.07. The molecule has 214 valence electrons. The highest BCUT2D eigenvalue weighted by Crippen LogP contribution is 2.43. The number of amides is 2. The molecule has 0 aliphatic heterocycles. The molecule has 41 heavy (non-hydrogen) atoms. The predicted molar refractivity (Wildman–Crippen MR) is 148 cm³/mol. The molecule has 4 rings (SSSR count). The fourth-order valence-corrected chi connectivity index (χ4v) is 3.91. The molecule has 0 aliphatic rings. The van der Waals surface area contributed by atoms with Crippen LogP contribution < -0.4 is 30.6 Å². The zero-order valence-corrected chi connectivity index (χ0v) is 22.5. The number of hydrogen-bond acceptors (Lipinski definition) is 9. The number of carboxylic acids is 1. The molecule has 0 bridgehead atoms. The standard InChI is InChI=1S/C28H29N5O8/c1-33-19-10-7-11-20(23(19)32-27(33)29)41-24-21(38-2)12-17(13-22(24)39-3)25(34)30-14-18(26(35)36)31-28(37)40-15-16-8-5-4-6-9-16/h4-13,18H,14-15H2,1-3H3,(H2,29,32)(H,30,34)(H,31,37)(H,35,36). The van der Waals surface area contributed by atoms with Crippen LogP contribution in [0.1, 0.15) is 15.9 Å². The van der Waals surface area contributed by atoms with Crippen molar-refractivity contribution in [3.8, 4) is 23.0 Å². The lowest BCUT2D eigenvalue weighted by Gasteiger charge is -2.17. The maximum Gasteiger partial charge on any atom is 0.408 e. The van der Waals surface area contributed by atoms with Crippen LogP contribution in [0.25, 0.3) is 11.0 Å². The summed E-state index contributed by atoms with van der Waals surface area (Å²) >= 11 is 0. The Morgan fingerprint density at radius 3 is 2.32 bits per heavy atom. The molecule has 13 heteroatoms. The van der Waals surface area contributed by atoms with Gasteiger partial charge in [-0.25, -0.2) is 14.6 Å². The molecule has 0 spiro atoms. The Morgan fingerprint density at radius 2 is 1.68 bits per heavy atom. The summed E-state index contributed by atoms with van der Waals surface area (Å²) in [5.41, 5.74) is 8.06. The molecule has 0 saturated heterocycles. The molecule has 1 heterocycles. The molecule has 5 N–H and O–H groups in total. The minimum Gasteiger partial charge on any atom is -0.493 e. The summed E-state index contributed by atoms with van der Waals surface area (Å²) in [7, 11) is 4.57. The van der Waals surface area contributed by atoms with E-state index in [1.165, 1.54) is 26.4 Å². The van der Waals surface area contributed by atoms with E-state index in [1.54, 1.807) is 48.0 Å². The second-order valence-electron chi connectivity index (χ2n) is 8.77. The van der Waals surface area contributed by atoms with Crippen LogP contribution in [0, 0.1) is 0 Å². The monoisotopic (exact) mass is 563 g/mol. The fraction of sp³-hybridized carbons (Fsp3) is 0.214. The largest absolute Gasteiger partial charge is 0.493 e. The van der Waals surface area contributed by atoms with Crippen LogP contribution in [0.15, 0.2) is 60.7 Å². The lowest BCUT2D eigenvalue weighted by Crippen LogP contribution is -2.48. The van der Waals surface area contributed by atoms with E-state index in [9.17, 15) is 19.5 Å². The number of aliphatic carboxylic acids is 1. The van der Waals surface area contributed by atoms with E-state index in [1.807, 2.05) is 12.1 Å². The van der Waals surface area contributed by atoms with Gasteiger partial charge in [-0.15, -0.1) is 0 Å². The average molecular weight is 564 g/mol. The van der Waals surface area contributed by atoms with E-state index in [-0.39, 0.29) is 29.4 Å². The number of alkyl carbamates (subject to hydrolysis) is 1. The van der Waals surface area contributed by atoms with Gasteiger partial charge >= 0.3 is 12.1 Å². The zero-order chi connectivity index (χ0) is 29.5. The van der Waals surface area contributed by atoms with Crippen LogP contribution in [0.5, 0.6) is 23.0 Å². The van der Waals surface area contributed by atoms with E-state index < -0.39 is 30.6 Å². The van der Waals surface area contributed by atoms with Gasteiger partial charge in [0.05, 0.1) is 19.7 Å². The lowest BCUT2D eigenvalue weighted by atomic mass is 10.1. The van der Waals surface area contributed by atoms with Crippen molar-refractivity contribution < 1.29 is 38.4 Å². The van der Waals surface area contributed by atoms with Gasteiger partial charge in [-0.1, -0.05) is 36.4 Å². The summed E-state index contributed by atoms with van der Waals surface area (Å²) in [6.07, 6.45) is -0.940. The Kier molecular flexibility index (Phi) is 8.77. The first-order valence-corrected chi connectivity index (χ1v) is 12.3. The Labute approximate surface area is 234 Å². The number of aryl methyl sites for hydroxylation is 1. The molecular formula is C28H29N5O8. The number of nitrogens with one attached hydrogen (secondary N) is 2. The SMILES string of the molecule is COc1cc(C(=O)NCC(NC(=O)OCc2ccccc2)C(=O)O)cc(OC)c1Oc1cccc2c1nc(N)n2C. The summed E-state index contributed by atoms with van der Waals surface area (Å²) in [4.78, 5) is 41.1. The van der Waals surface area contributed by atoms with Gasteiger partial charge in [0.2, 0.25) is 11.7 Å². The lowest BCUT2D eigenvalue weighted by molar-refractivity contribution is -0.139. The number of nitrogen functional groups attached to an aromatic ring is 1. The number of nitrogens with two attached hydrogens (primary N) is 1. The highest BCUT2D eigenvalue weighted by Gasteiger charge is 2.24. The highest BCUT2D eigenvalue weighted by molar-refractivity contribution is 5.96. The van der Waals surface area contributed by atoms with Crippen LogP contribution in [0.4, 0.5) is 10.7 Å². The molecule has 2 amide bonds. The van der Waals surface area contributed by atoms with Gasteiger partial charge in [-0.05, 0) is 29.8 Å². The van der Waals surface area contributed by atoms with Crippen molar-refractivity contribution in [3.05, 3.63) is 71.8 Å². The summed E-state index contributed by atoms with van der Waals surface area (Å²) in [5.74, 6) is -0.766. The normalized spacial score (nSPS) is 11.4. The maximum absolute atomic E-state index is 13.0. The second kappa shape index (κ2) is 12.6. The summed E-state index contributed by atoms with van der Waals surface area (Å²) in [6.45, 7) is -0.456. The van der Waals surface area contributed by atoms with Crippen molar-refractivity contribution in [2.45, 2.75) is 12.6 Å². The van der Waals surface area contributed by atoms with Crippen molar-refractivity contribution in [1.82, 2.24) is 20.2 Å². The number of imidazole rings is 1. The summed E-state index contributed by atoms with van der Waals surface area (Å²) < 4.78 is 23.8. The minimum absolute atomic E-state index is 0.0401. The van der Waals surface area contributed by atoms with Crippen molar-refractivity contribution in [3.63, 3.8) is 0 Å². The summed E-state index contributed by atoms with van der Waals surface area (Å²) in [6, 6.07) is 15.6. The van der Waals surface area contributed by atoms with Crippen LogP contribution in [0.2, 0.25) is 0 Å². The van der Waals surface area contributed by atoms with E-state index in [0.29, 0.717) is 17.2 Å². The van der Waals surface area contributed by atoms with Gasteiger partial charge in [-0.3, -0.25) is 4.79 Å². The molecule has 4 aromatic rings. The van der Waals surface area contributed by atoms with Gasteiger partial charge < -0.3 is 45.0 Å². The number of rotatable bonds is 11. The first-order valence-electron chi connectivity index (χ1n) is 12.3. The number of hydrogen-bond donors (Lipinski definition) is 4. The fourth-order valence-electron chi connectivity index (χ4n) is 3.91. The molecule has 0 fully saturated rings. The van der Waals surface area contributed by atoms with Crippen LogP contribution >= 0.6 is 0 Å². The zero-order valence-electron chi connectivity index (χ0n) is 22.5. The molecule has 1 aromatic heterocycles. The molecule has 1 atom stereocenters. The quantitative estimate of drug-likeness (QED) is 0.212. The van der Waals surface area contributed by atoms with E-state index in [2.05, 4.69) is 15.6 Å². The van der Waals surface area contributed by atoms with Crippen LogP contribution in [0.3, 0.4) is 0 Å². The molecular weight excluding hydrogens is 534 g/mol. The van der Waals surface area contributed by atoms with Gasteiger partial charge in [0.15, 0.2) is 17.2 Å². The molecule has 0 aliphatic carbocycles. The van der Waals surface area contributed by atoms with Crippen molar-refractivity contribution in [2.75, 3.05) is 26.5 Å². The number of methoxy groups -OCH3 is 2. The van der Waals surface area contributed by atoms with Crippen LogP contribution in [-0.4, -0.2) is 59.4 Å². The Balaban J connectivity index is 1.46. The third kappa shape index (κ3) is 6.58. The van der Waals surface area contributed by atoms with Crippen molar-refractivity contribution in [1.29, 1.82) is 0 Å². The molecule has 1 unspecified atom stereocenters. The molecule has 13 nitrogen and oxygen atoms in total. The smallest absolute Gasteiger partial charge is 0.408 e. The summed E-state index contributed by atoms with van der Waals surface area (Å²) in [5, 5.41) is 14.3. The van der Waals surface area contributed by atoms with Crippen molar-refractivity contribution in [2.24, 2.45) is 7.05 Å². The van der Waals surface area contributed by atoms with Gasteiger partial charge in [0, 0.05) is 19.2 Å². The van der Waals surface area contributed by atoms with E-state index in [4.69, 9.17) is 24.7 Å². The molecule has 3 aromatic carbocycles. The number of para-hydroxylation sites is 1. The van der Waals surface area contributed by atoms with E-state index in [0.717, 1.165) is 11.1 Å². The number of carbonyl (C=O) groups is 3. The van der Waals surface area contributed by atoms with Gasteiger partial charge in [0.25, 0.3) is 5.91 Å². The first kappa shape index (κ1) is 28.5. The third-order valence-electron chi connectivity index (χ3n) is 6.11. The number of ether oxygens (including phenoxy) is 4. The number of anilines is 1. The molecule has 0 saturated carbocycles. The Morgan fingerprint density at radius 1 is 1.00 bits per heavy atom. The third-order valence-corrected chi connectivity index (χ3v) is 6.11. The number of aromatic nitrogens is 2. The molecule has 0 radical (unpaired) electrons. The minimum atomic E-state index is -1.44. The Bertz CT molecular complexity index is 1550. The number of nitrogens with zero attached hydrogens (tertiary/aromatic N) is 2.